The summed E-state index contributed by atoms with van der Waals surface area (Å²) in [4.78, 5) is 11.9. The molecule has 0 spiro atoms. The van der Waals surface area contributed by atoms with Crippen LogP contribution >= 0.6 is 15.9 Å². The number of carbonyl (C=O) groups excluding carboxylic acids is 1. The lowest BCUT2D eigenvalue weighted by atomic mass is 9.92. The van der Waals surface area contributed by atoms with E-state index in [1.165, 1.54) is 0 Å². The predicted octanol–water partition coefficient (Wildman–Crippen LogP) is 2.38. The van der Waals surface area contributed by atoms with Gasteiger partial charge in [-0.05, 0) is 41.8 Å². The summed E-state index contributed by atoms with van der Waals surface area (Å²) < 4.78 is 5.85. The van der Waals surface area contributed by atoms with Gasteiger partial charge in [-0.3, -0.25) is 4.79 Å². The third-order valence-electron chi connectivity index (χ3n) is 3.13. The van der Waals surface area contributed by atoms with Crippen molar-refractivity contribution in [3.8, 4) is 0 Å². The van der Waals surface area contributed by atoms with E-state index in [2.05, 4.69) is 21.2 Å². The van der Waals surface area contributed by atoms with Crippen LogP contribution in [-0.4, -0.2) is 23.2 Å². The van der Waals surface area contributed by atoms with Gasteiger partial charge in [0.1, 0.15) is 0 Å². The Bertz CT molecular complexity index is 396. The van der Waals surface area contributed by atoms with Crippen molar-refractivity contribution in [1.82, 2.24) is 5.32 Å². The molecule has 0 saturated heterocycles. The highest BCUT2D eigenvalue weighted by Crippen LogP contribution is 2.22. The summed E-state index contributed by atoms with van der Waals surface area (Å²) in [5.74, 6) is 0.0249. The molecule has 0 aliphatic heterocycles. The Balaban J connectivity index is 2.01. The van der Waals surface area contributed by atoms with Crippen LogP contribution in [0.4, 0.5) is 0 Å². The summed E-state index contributed by atoms with van der Waals surface area (Å²) in [6, 6.07) is 1.54. The molecule has 5 heteroatoms. The summed E-state index contributed by atoms with van der Waals surface area (Å²) in [7, 11) is 0. The van der Waals surface area contributed by atoms with Crippen molar-refractivity contribution in [2.75, 3.05) is 0 Å². The molecular formula is C12H16BrNO3. The minimum atomic E-state index is -0.438. The molecule has 2 rings (SSSR count). The largest absolute Gasteiger partial charge is 0.444 e. The minimum Gasteiger partial charge on any atom is -0.444 e. The Labute approximate surface area is 109 Å². The molecule has 2 unspecified atom stereocenters. The molecule has 2 atom stereocenters. The average molecular weight is 302 g/mol. The van der Waals surface area contributed by atoms with E-state index in [9.17, 15) is 9.90 Å². The number of hydrogen-bond acceptors (Lipinski definition) is 3. The van der Waals surface area contributed by atoms with Gasteiger partial charge in [-0.25, -0.2) is 0 Å². The molecule has 0 aromatic carbocycles. The maximum atomic E-state index is 11.9. The Morgan fingerprint density at radius 2 is 2.24 bits per heavy atom. The van der Waals surface area contributed by atoms with Crippen LogP contribution in [0.3, 0.4) is 0 Å². The van der Waals surface area contributed by atoms with Crippen molar-refractivity contribution in [3.63, 3.8) is 0 Å². The average Bonchev–Trinajstić information content (AvgIpc) is 2.63. The first-order valence-electron chi connectivity index (χ1n) is 5.83. The summed E-state index contributed by atoms with van der Waals surface area (Å²) in [5.41, 5.74) is 0.888. The quantitative estimate of drug-likeness (QED) is 0.881. The van der Waals surface area contributed by atoms with Gasteiger partial charge in [0.05, 0.1) is 12.1 Å². The third-order valence-corrected chi connectivity index (χ3v) is 3.91. The summed E-state index contributed by atoms with van der Waals surface area (Å²) in [6.07, 6.45) is 3.22. The van der Waals surface area contributed by atoms with Crippen molar-refractivity contribution < 1.29 is 14.3 Å². The second-order valence-electron chi connectivity index (χ2n) is 4.50. The summed E-state index contributed by atoms with van der Waals surface area (Å²) in [5, 5.41) is 12.6. The molecule has 0 bridgehead atoms. The number of amides is 1. The van der Waals surface area contributed by atoms with Gasteiger partial charge in [0.2, 0.25) is 0 Å². The van der Waals surface area contributed by atoms with Gasteiger partial charge in [-0.2, -0.15) is 0 Å². The van der Waals surface area contributed by atoms with Crippen molar-refractivity contribution >= 4 is 21.8 Å². The molecule has 1 saturated carbocycles. The number of furan rings is 1. The highest BCUT2D eigenvalue weighted by atomic mass is 79.9. The molecular weight excluding hydrogens is 286 g/mol. The lowest BCUT2D eigenvalue weighted by Crippen LogP contribution is -2.44. The van der Waals surface area contributed by atoms with Crippen LogP contribution in [0.5, 0.6) is 0 Å². The fourth-order valence-electron chi connectivity index (χ4n) is 2.09. The van der Waals surface area contributed by atoms with E-state index in [1.807, 2.05) is 6.92 Å². The zero-order valence-corrected chi connectivity index (χ0v) is 11.3. The first-order valence-corrected chi connectivity index (χ1v) is 6.62. The van der Waals surface area contributed by atoms with E-state index in [4.69, 9.17) is 4.42 Å². The molecule has 1 aromatic rings. The Morgan fingerprint density at radius 1 is 1.53 bits per heavy atom. The number of aryl methyl sites for hydroxylation is 1. The van der Waals surface area contributed by atoms with Crippen LogP contribution in [0.15, 0.2) is 15.2 Å². The van der Waals surface area contributed by atoms with Crippen LogP contribution < -0.4 is 5.32 Å². The number of hydrogen-bond donors (Lipinski definition) is 2. The molecule has 2 N–H and O–H groups in total. The van der Waals surface area contributed by atoms with E-state index >= 15 is 0 Å². The number of carbonyl (C=O) groups is 1. The molecule has 1 aliphatic carbocycles. The van der Waals surface area contributed by atoms with E-state index in [0.29, 0.717) is 4.67 Å². The van der Waals surface area contributed by atoms with Crippen LogP contribution in [0, 0.1) is 6.92 Å². The van der Waals surface area contributed by atoms with E-state index < -0.39 is 6.10 Å². The molecule has 1 amide bonds. The number of aliphatic hydroxyl groups excluding tert-OH is 1. The van der Waals surface area contributed by atoms with Crippen LogP contribution in [0.1, 0.15) is 41.8 Å². The Hall–Kier alpha value is -0.810. The standard InChI is InChI=1S/C12H16BrNO3/c1-7-6-10(17-11(7)13)12(16)14-8-4-2-3-5-9(8)15/h6,8-9,15H,2-5H2,1H3,(H,14,16). The Kier molecular flexibility index (Phi) is 3.89. The zero-order valence-electron chi connectivity index (χ0n) is 9.70. The maximum absolute atomic E-state index is 11.9. The van der Waals surface area contributed by atoms with Crippen molar-refractivity contribution in [2.45, 2.75) is 44.8 Å². The number of aliphatic hydroxyl groups is 1. The first kappa shape index (κ1) is 12.6. The summed E-state index contributed by atoms with van der Waals surface area (Å²) >= 11 is 3.23. The number of rotatable bonds is 2. The molecule has 0 radical (unpaired) electrons. The second-order valence-corrected chi connectivity index (χ2v) is 5.22. The monoisotopic (exact) mass is 301 g/mol. The minimum absolute atomic E-state index is 0.152. The molecule has 1 heterocycles. The van der Waals surface area contributed by atoms with E-state index in [0.717, 1.165) is 31.2 Å². The van der Waals surface area contributed by atoms with Crippen molar-refractivity contribution in [1.29, 1.82) is 0 Å². The van der Waals surface area contributed by atoms with E-state index in [-0.39, 0.29) is 17.7 Å². The molecule has 1 aromatic heterocycles. The topological polar surface area (TPSA) is 62.5 Å². The molecule has 17 heavy (non-hydrogen) atoms. The van der Waals surface area contributed by atoms with Gasteiger partial charge in [-0.15, -0.1) is 0 Å². The van der Waals surface area contributed by atoms with Crippen LogP contribution in [0.2, 0.25) is 0 Å². The van der Waals surface area contributed by atoms with Gasteiger partial charge in [-0.1, -0.05) is 12.8 Å². The Morgan fingerprint density at radius 3 is 2.82 bits per heavy atom. The van der Waals surface area contributed by atoms with Gasteiger partial charge in [0.15, 0.2) is 10.4 Å². The highest BCUT2D eigenvalue weighted by Gasteiger charge is 2.26. The molecule has 1 aliphatic rings. The van der Waals surface area contributed by atoms with Gasteiger partial charge >= 0.3 is 0 Å². The number of halogens is 1. The summed E-state index contributed by atoms with van der Waals surface area (Å²) in [6.45, 7) is 1.86. The van der Waals surface area contributed by atoms with Crippen LogP contribution in [-0.2, 0) is 0 Å². The van der Waals surface area contributed by atoms with Crippen molar-refractivity contribution in [3.05, 3.63) is 22.1 Å². The number of nitrogens with one attached hydrogen (secondary N) is 1. The van der Waals surface area contributed by atoms with Gasteiger partial charge in [0, 0.05) is 5.56 Å². The lowest BCUT2D eigenvalue weighted by Gasteiger charge is -2.27. The molecule has 4 nitrogen and oxygen atoms in total. The highest BCUT2D eigenvalue weighted by molar-refractivity contribution is 9.10. The zero-order chi connectivity index (χ0) is 12.4. The molecule has 1 fully saturated rings. The molecule has 94 valence electrons. The SMILES string of the molecule is Cc1cc(C(=O)NC2CCCCC2O)oc1Br. The van der Waals surface area contributed by atoms with Gasteiger partial charge < -0.3 is 14.8 Å². The van der Waals surface area contributed by atoms with Gasteiger partial charge in [0.25, 0.3) is 5.91 Å². The van der Waals surface area contributed by atoms with Crippen molar-refractivity contribution in [2.24, 2.45) is 0 Å². The fourth-order valence-corrected chi connectivity index (χ4v) is 2.38. The lowest BCUT2D eigenvalue weighted by molar-refractivity contribution is 0.0697. The van der Waals surface area contributed by atoms with E-state index in [1.54, 1.807) is 6.07 Å². The first-order chi connectivity index (χ1) is 8.08. The third kappa shape index (κ3) is 2.90. The maximum Gasteiger partial charge on any atom is 0.287 e. The normalized spacial score (nSPS) is 24.6. The smallest absolute Gasteiger partial charge is 0.287 e. The fraction of sp³-hybridized carbons (Fsp3) is 0.583. The predicted molar refractivity (Wildman–Crippen MR) is 66.9 cm³/mol. The second kappa shape index (κ2) is 5.23. The van der Waals surface area contributed by atoms with Crippen LogP contribution in [0.25, 0.3) is 0 Å².